The minimum absolute atomic E-state index is 0.0163. The minimum atomic E-state index is -4.88. The van der Waals surface area contributed by atoms with Crippen LogP contribution in [0.2, 0.25) is 0 Å². The third kappa shape index (κ3) is 3.75. The third-order valence-electron chi connectivity index (χ3n) is 2.41. The summed E-state index contributed by atoms with van der Waals surface area (Å²) in [4.78, 5) is 10.8. The summed E-state index contributed by atoms with van der Waals surface area (Å²) in [6.07, 6.45) is -6.71. The Hall–Kier alpha value is -1.57. The van der Waals surface area contributed by atoms with Gasteiger partial charge >= 0.3 is 12.1 Å². The van der Waals surface area contributed by atoms with Crippen molar-refractivity contribution in [1.82, 2.24) is 0 Å². The fraction of sp³-hybridized carbons (Fsp3) is 0.308. The minimum Gasteiger partial charge on any atom is -0.478 e. The molecule has 2 rings (SSSR count). The van der Waals surface area contributed by atoms with Gasteiger partial charge in [-0.2, -0.15) is 13.2 Å². The Kier molecular flexibility index (Phi) is 5.38. The van der Waals surface area contributed by atoms with Gasteiger partial charge in [0.2, 0.25) is 6.10 Å². The molecule has 1 aromatic carbocycles. The van der Waals surface area contributed by atoms with E-state index in [9.17, 15) is 22.4 Å². The number of carboxylic acid groups (broad SMARTS) is 1. The average Bonchev–Trinajstić information content (AvgIpc) is 2.38. The molecule has 0 aliphatic carbocycles. The molecule has 1 N–H and O–H groups in total. The van der Waals surface area contributed by atoms with Gasteiger partial charge in [-0.3, -0.25) is 0 Å². The molecule has 1 aliphatic rings. The van der Waals surface area contributed by atoms with Gasteiger partial charge in [-0.15, -0.1) is 0 Å². The molecular formula is C13H11BrF4O3. The van der Waals surface area contributed by atoms with E-state index in [0.29, 0.717) is 0 Å². The lowest BCUT2D eigenvalue weighted by molar-refractivity contribution is -0.187. The maximum atomic E-state index is 13.1. The molecule has 0 saturated carbocycles. The summed E-state index contributed by atoms with van der Waals surface area (Å²) in [5.74, 6) is -2.73. The molecule has 0 radical (unpaired) electrons. The number of halogens is 5. The van der Waals surface area contributed by atoms with Crippen LogP contribution in [0.5, 0.6) is 5.75 Å². The first kappa shape index (κ1) is 17.5. The van der Waals surface area contributed by atoms with Crippen molar-refractivity contribution >= 4 is 28.0 Å². The molecule has 1 atom stereocenters. The normalized spacial score (nSPS) is 16.9. The van der Waals surface area contributed by atoms with Gasteiger partial charge in [0.25, 0.3) is 0 Å². The SMILES string of the molecule is CC.O=C(O)C1=Cc2cc(F)cc(Br)c2OC1C(F)(F)F. The molecule has 0 amide bonds. The zero-order valence-corrected chi connectivity index (χ0v) is 12.5. The van der Waals surface area contributed by atoms with Gasteiger partial charge in [0.05, 0.1) is 10.0 Å². The van der Waals surface area contributed by atoms with Crippen molar-refractivity contribution in [3.8, 4) is 5.75 Å². The van der Waals surface area contributed by atoms with Gasteiger partial charge < -0.3 is 9.84 Å². The van der Waals surface area contributed by atoms with E-state index in [1.54, 1.807) is 0 Å². The van der Waals surface area contributed by atoms with Gasteiger partial charge in [0.1, 0.15) is 11.6 Å². The summed E-state index contributed by atoms with van der Waals surface area (Å²) < 4.78 is 56.0. The van der Waals surface area contributed by atoms with Crippen LogP contribution >= 0.6 is 15.9 Å². The zero-order valence-electron chi connectivity index (χ0n) is 11.0. The topological polar surface area (TPSA) is 46.5 Å². The van der Waals surface area contributed by atoms with Crippen molar-refractivity contribution in [3.05, 3.63) is 33.6 Å². The summed E-state index contributed by atoms with van der Waals surface area (Å²) in [6, 6.07) is 1.83. The van der Waals surface area contributed by atoms with Gasteiger partial charge in [-0.25, -0.2) is 9.18 Å². The van der Waals surface area contributed by atoms with Crippen molar-refractivity contribution in [2.24, 2.45) is 0 Å². The van der Waals surface area contributed by atoms with Crippen LogP contribution < -0.4 is 4.74 Å². The Morgan fingerprint density at radius 2 is 1.90 bits per heavy atom. The highest BCUT2D eigenvalue weighted by Gasteiger charge is 2.48. The molecule has 0 aromatic heterocycles. The summed E-state index contributed by atoms with van der Waals surface area (Å²) in [6.45, 7) is 4.00. The largest absolute Gasteiger partial charge is 0.478 e. The Morgan fingerprint density at radius 3 is 2.38 bits per heavy atom. The van der Waals surface area contributed by atoms with Crippen LogP contribution in [0.25, 0.3) is 6.08 Å². The number of carboxylic acids is 1. The van der Waals surface area contributed by atoms with Crippen molar-refractivity contribution in [2.45, 2.75) is 26.1 Å². The smallest absolute Gasteiger partial charge is 0.430 e. The number of aliphatic carboxylic acids is 1. The first-order valence-electron chi connectivity index (χ1n) is 5.87. The highest BCUT2D eigenvalue weighted by atomic mass is 79.9. The second-order valence-corrected chi connectivity index (χ2v) is 4.60. The van der Waals surface area contributed by atoms with E-state index < -0.39 is 29.6 Å². The molecule has 1 aromatic rings. The lowest BCUT2D eigenvalue weighted by Gasteiger charge is -2.27. The Labute approximate surface area is 126 Å². The molecule has 3 nitrogen and oxygen atoms in total. The first-order chi connectivity index (χ1) is 9.70. The second kappa shape index (κ2) is 6.46. The molecule has 116 valence electrons. The molecule has 0 fully saturated rings. The highest BCUT2D eigenvalue weighted by Crippen LogP contribution is 2.41. The summed E-state index contributed by atoms with van der Waals surface area (Å²) >= 11 is 2.87. The third-order valence-corrected chi connectivity index (χ3v) is 3.00. The monoisotopic (exact) mass is 370 g/mol. The van der Waals surface area contributed by atoms with Gasteiger partial charge in [-0.05, 0) is 34.1 Å². The van der Waals surface area contributed by atoms with E-state index in [0.717, 1.165) is 18.2 Å². The van der Waals surface area contributed by atoms with E-state index in [-0.39, 0.29) is 15.8 Å². The first-order valence-corrected chi connectivity index (χ1v) is 6.66. The van der Waals surface area contributed by atoms with Crippen LogP contribution in [0, 0.1) is 5.82 Å². The summed E-state index contributed by atoms with van der Waals surface area (Å²) in [5, 5.41) is 8.78. The van der Waals surface area contributed by atoms with Crippen molar-refractivity contribution in [2.75, 3.05) is 0 Å². The van der Waals surface area contributed by atoms with Gasteiger partial charge in [0.15, 0.2) is 0 Å². The van der Waals surface area contributed by atoms with E-state index >= 15 is 0 Å². The molecule has 0 bridgehead atoms. The molecule has 21 heavy (non-hydrogen) atoms. The van der Waals surface area contributed by atoms with Crippen LogP contribution in [-0.4, -0.2) is 23.4 Å². The average molecular weight is 371 g/mol. The Balaban J connectivity index is 0.00000106. The van der Waals surface area contributed by atoms with E-state index in [1.165, 1.54) is 0 Å². The number of carbonyl (C=O) groups is 1. The zero-order chi connectivity index (χ0) is 16.4. The van der Waals surface area contributed by atoms with E-state index in [1.807, 2.05) is 13.8 Å². The maximum absolute atomic E-state index is 13.1. The van der Waals surface area contributed by atoms with Gasteiger partial charge in [-0.1, -0.05) is 13.8 Å². The highest BCUT2D eigenvalue weighted by molar-refractivity contribution is 9.10. The predicted molar refractivity (Wildman–Crippen MR) is 71.5 cm³/mol. The summed E-state index contributed by atoms with van der Waals surface area (Å²) in [5.41, 5.74) is -1.05. The van der Waals surface area contributed by atoms with E-state index in [4.69, 9.17) is 5.11 Å². The fourth-order valence-electron chi connectivity index (χ4n) is 1.65. The Morgan fingerprint density at radius 1 is 1.33 bits per heavy atom. The van der Waals surface area contributed by atoms with Crippen LogP contribution in [0.1, 0.15) is 19.4 Å². The lowest BCUT2D eigenvalue weighted by atomic mass is 10.0. The Bertz CT molecular complexity index is 582. The maximum Gasteiger partial charge on any atom is 0.430 e. The number of alkyl halides is 3. The van der Waals surface area contributed by atoms with Gasteiger partial charge in [0, 0.05) is 5.56 Å². The van der Waals surface area contributed by atoms with Crippen LogP contribution in [0.15, 0.2) is 22.2 Å². The van der Waals surface area contributed by atoms with Crippen LogP contribution in [0.3, 0.4) is 0 Å². The quantitative estimate of drug-likeness (QED) is 0.745. The number of hydrogen-bond acceptors (Lipinski definition) is 2. The van der Waals surface area contributed by atoms with Crippen molar-refractivity contribution in [1.29, 1.82) is 0 Å². The van der Waals surface area contributed by atoms with Crippen molar-refractivity contribution < 1.29 is 32.2 Å². The lowest BCUT2D eigenvalue weighted by Crippen LogP contribution is -2.40. The molecule has 1 aliphatic heterocycles. The molecular weight excluding hydrogens is 360 g/mol. The fourth-order valence-corrected chi connectivity index (χ4v) is 2.19. The molecule has 0 spiro atoms. The molecule has 1 unspecified atom stereocenters. The summed E-state index contributed by atoms with van der Waals surface area (Å²) in [7, 11) is 0. The molecule has 1 heterocycles. The van der Waals surface area contributed by atoms with Crippen LogP contribution in [0.4, 0.5) is 17.6 Å². The number of benzene rings is 1. The standard InChI is InChI=1S/C11H5BrF4O3.C2H6/c12-7-3-5(13)1-4-2-6(10(17)18)9(11(14,15)16)19-8(4)7;1-2/h1-3,9H,(H,17,18);1-2H3. The van der Waals surface area contributed by atoms with Crippen LogP contribution in [-0.2, 0) is 4.79 Å². The molecule has 0 saturated heterocycles. The van der Waals surface area contributed by atoms with E-state index in [2.05, 4.69) is 20.7 Å². The number of hydrogen-bond donors (Lipinski definition) is 1. The predicted octanol–water partition coefficient (Wildman–Crippen LogP) is 4.41. The van der Waals surface area contributed by atoms with Crippen molar-refractivity contribution in [3.63, 3.8) is 0 Å². The number of rotatable bonds is 1. The molecule has 8 heteroatoms. The number of fused-ring (bicyclic) bond motifs is 1. The number of ether oxygens (including phenoxy) is 1. The second-order valence-electron chi connectivity index (χ2n) is 3.75.